The number of benzene rings is 2. The molecule has 0 saturated heterocycles. The van der Waals surface area contributed by atoms with Crippen LogP contribution in [0.3, 0.4) is 0 Å². The molecule has 2 aromatic heterocycles. The molecule has 0 radical (unpaired) electrons. The minimum Gasteiger partial charge on any atom is -0.378 e. The highest BCUT2D eigenvalue weighted by atomic mass is 35.5. The number of thioether (sulfide) groups is 1. The van der Waals surface area contributed by atoms with Gasteiger partial charge in [-0.2, -0.15) is 0 Å². The van der Waals surface area contributed by atoms with Crippen molar-refractivity contribution in [3.8, 4) is 0 Å². The maximum Gasteiger partial charge on any atom is 0.234 e. The molecular weight excluding hydrogens is 406 g/mol. The molecule has 148 valence electrons. The average Bonchev–Trinajstić information content (AvgIpc) is 3.10. The number of hydrogen-bond acceptors (Lipinski definition) is 5. The number of carbonyl (C=O) groups excluding carboxylic acids is 1. The molecule has 2 aromatic carbocycles. The third-order valence-corrected chi connectivity index (χ3v) is 5.79. The molecule has 4 aromatic rings. The lowest BCUT2D eigenvalue weighted by Crippen LogP contribution is -2.14. The van der Waals surface area contributed by atoms with Crippen molar-refractivity contribution in [3.63, 3.8) is 0 Å². The molecule has 0 aliphatic carbocycles. The van der Waals surface area contributed by atoms with Crippen LogP contribution in [0.2, 0.25) is 5.02 Å². The van der Waals surface area contributed by atoms with Gasteiger partial charge in [-0.25, -0.2) is 0 Å². The van der Waals surface area contributed by atoms with Crippen molar-refractivity contribution >= 4 is 57.2 Å². The molecule has 8 heteroatoms. The third kappa shape index (κ3) is 4.02. The van der Waals surface area contributed by atoms with Gasteiger partial charge in [0.15, 0.2) is 10.8 Å². The molecule has 0 spiro atoms. The molecule has 0 bridgehead atoms. The van der Waals surface area contributed by atoms with E-state index in [-0.39, 0.29) is 11.7 Å². The van der Waals surface area contributed by atoms with Crippen molar-refractivity contribution < 1.29 is 4.79 Å². The largest absolute Gasteiger partial charge is 0.378 e. The van der Waals surface area contributed by atoms with Crippen LogP contribution < -0.4 is 10.2 Å². The second-order valence-corrected chi connectivity index (χ2v) is 8.32. The van der Waals surface area contributed by atoms with Crippen LogP contribution in [0.15, 0.2) is 53.7 Å². The van der Waals surface area contributed by atoms with Gasteiger partial charge in [0, 0.05) is 35.9 Å². The Labute approximate surface area is 177 Å². The van der Waals surface area contributed by atoms with Crippen molar-refractivity contribution in [1.82, 2.24) is 14.6 Å². The Hall–Kier alpha value is -2.77. The Morgan fingerprint density at radius 3 is 2.62 bits per heavy atom. The average molecular weight is 426 g/mol. The number of aryl methyl sites for hydroxylation is 1. The summed E-state index contributed by atoms with van der Waals surface area (Å²) in [6.45, 7) is 2.02. The van der Waals surface area contributed by atoms with Gasteiger partial charge in [0.2, 0.25) is 5.91 Å². The highest BCUT2D eigenvalue weighted by Crippen LogP contribution is 2.28. The molecule has 4 rings (SSSR count). The van der Waals surface area contributed by atoms with Gasteiger partial charge >= 0.3 is 0 Å². The number of rotatable bonds is 5. The smallest absolute Gasteiger partial charge is 0.234 e. The molecule has 0 saturated carbocycles. The molecule has 0 unspecified atom stereocenters. The van der Waals surface area contributed by atoms with Gasteiger partial charge in [-0.05, 0) is 61.0 Å². The van der Waals surface area contributed by atoms with Gasteiger partial charge in [0.25, 0.3) is 0 Å². The molecule has 2 heterocycles. The minimum atomic E-state index is -0.0937. The maximum atomic E-state index is 12.4. The van der Waals surface area contributed by atoms with Crippen LogP contribution in [0.1, 0.15) is 5.56 Å². The number of amides is 1. The van der Waals surface area contributed by atoms with Gasteiger partial charge < -0.3 is 10.2 Å². The van der Waals surface area contributed by atoms with E-state index < -0.39 is 0 Å². The standard InChI is InChI=1S/C21H20ClN5OS/c1-13-10-19-24-25-21(27(19)18-9-4-14(22)11-17(13)18)29-12-20(28)23-15-5-7-16(8-6-15)26(2)3/h4-11H,12H2,1-3H3,(H,23,28). The van der Waals surface area contributed by atoms with Gasteiger partial charge in [0.1, 0.15) is 0 Å². The fourth-order valence-corrected chi connectivity index (χ4v) is 4.08. The van der Waals surface area contributed by atoms with Crippen LogP contribution >= 0.6 is 23.4 Å². The molecule has 0 aliphatic rings. The first-order valence-electron chi connectivity index (χ1n) is 9.06. The second kappa shape index (κ2) is 7.93. The van der Waals surface area contributed by atoms with E-state index in [1.165, 1.54) is 11.8 Å². The number of anilines is 2. The molecule has 0 aliphatic heterocycles. The van der Waals surface area contributed by atoms with Crippen molar-refractivity contribution in [3.05, 3.63) is 59.1 Å². The van der Waals surface area contributed by atoms with E-state index in [4.69, 9.17) is 11.6 Å². The normalized spacial score (nSPS) is 11.2. The highest BCUT2D eigenvalue weighted by Gasteiger charge is 2.14. The molecular formula is C21H20ClN5OS. The Morgan fingerprint density at radius 2 is 1.90 bits per heavy atom. The fourth-order valence-electron chi connectivity index (χ4n) is 3.16. The summed E-state index contributed by atoms with van der Waals surface area (Å²) in [4.78, 5) is 14.4. The number of nitrogens with zero attached hydrogens (tertiary/aromatic N) is 4. The van der Waals surface area contributed by atoms with Crippen LogP contribution in [0.4, 0.5) is 11.4 Å². The maximum absolute atomic E-state index is 12.4. The van der Waals surface area contributed by atoms with Crippen LogP contribution in [-0.4, -0.2) is 40.4 Å². The Morgan fingerprint density at radius 1 is 1.14 bits per heavy atom. The Kier molecular flexibility index (Phi) is 5.34. The Bertz CT molecular complexity index is 1200. The molecule has 1 N–H and O–H groups in total. The zero-order chi connectivity index (χ0) is 20.5. The SMILES string of the molecule is Cc1cc2nnc(SCC(=O)Nc3ccc(N(C)C)cc3)n2c2ccc(Cl)cc12. The number of hydrogen-bond donors (Lipinski definition) is 1. The Balaban J connectivity index is 1.53. The quantitative estimate of drug-likeness (QED) is 0.472. The number of carbonyl (C=O) groups is 1. The number of pyridine rings is 1. The fraction of sp³-hybridized carbons (Fsp3) is 0.190. The monoisotopic (exact) mass is 425 g/mol. The van der Waals surface area contributed by atoms with E-state index >= 15 is 0 Å². The zero-order valence-corrected chi connectivity index (χ0v) is 17.9. The van der Waals surface area contributed by atoms with Gasteiger partial charge in [-0.3, -0.25) is 9.20 Å². The zero-order valence-electron chi connectivity index (χ0n) is 16.3. The molecule has 0 fully saturated rings. The highest BCUT2D eigenvalue weighted by molar-refractivity contribution is 7.99. The van der Waals surface area contributed by atoms with Crippen LogP contribution in [0.5, 0.6) is 0 Å². The van der Waals surface area contributed by atoms with E-state index in [1.807, 2.05) is 78.9 Å². The summed E-state index contributed by atoms with van der Waals surface area (Å²) >= 11 is 7.51. The summed E-state index contributed by atoms with van der Waals surface area (Å²) in [5.74, 6) is 0.142. The second-order valence-electron chi connectivity index (χ2n) is 6.94. The lowest BCUT2D eigenvalue weighted by Gasteiger charge is -2.13. The van der Waals surface area contributed by atoms with Crippen LogP contribution in [-0.2, 0) is 4.79 Å². The van der Waals surface area contributed by atoms with Crippen molar-refractivity contribution in [2.75, 3.05) is 30.1 Å². The van der Waals surface area contributed by atoms with Gasteiger partial charge in [-0.1, -0.05) is 23.4 Å². The minimum absolute atomic E-state index is 0.0937. The van der Waals surface area contributed by atoms with E-state index in [0.29, 0.717) is 10.2 Å². The van der Waals surface area contributed by atoms with Crippen molar-refractivity contribution in [2.24, 2.45) is 0 Å². The van der Waals surface area contributed by atoms with E-state index in [2.05, 4.69) is 15.5 Å². The number of halogens is 1. The summed E-state index contributed by atoms with van der Waals surface area (Å²) in [7, 11) is 3.96. The summed E-state index contributed by atoms with van der Waals surface area (Å²) in [6.07, 6.45) is 0. The van der Waals surface area contributed by atoms with Crippen LogP contribution in [0, 0.1) is 6.92 Å². The predicted molar refractivity (Wildman–Crippen MR) is 120 cm³/mol. The molecule has 1 amide bonds. The van der Waals surface area contributed by atoms with Gasteiger partial charge in [-0.15, -0.1) is 10.2 Å². The molecule has 0 atom stereocenters. The first kappa shape index (κ1) is 19.5. The first-order chi connectivity index (χ1) is 13.9. The van der Waals surface area contributed by atoms with E-state index in [9.17, 15) is 4.79 Å². The number of aromatic nitrogens is 3. The topological polar surface area (TPSA) is 62.5 Å². The predicted octanol–water partition coefficient (Wildman–Crippen LogP) is 4.64. The van der Waals surface area contributed by atoms with E-state index in [1.54, 1.807) is 0 Å². The lowest BCUT2D eigenvalue weighted by molar-refractivity contribution is -0.113. The molecule has 29 heavy (non-hydrogen) atoms. The number of fused-ring (bicyclic) bond motifs is 3. The van der Waals surface area contributed by atoms with E-state index in [0.717, 1.165) is 33.5 Å². The first-order valence-corrected chi connectivity index (χ1v) is 10.4. The van der Waals surface area contributed by atoms with Crippen LogP contribution in [0.25, 0.3) is 16.6 Å². The summed E-state index contributed by atoms with van der Waals surface area (Å²) in [5, 5.41) is 13.9. The number of nitrogens with one attached hydrogen (secondary N) is 1. The van der Waals surface area contributed by atoms with Crippen molar-refractivity contribution in [1.29, 1.82) is 0 Å². The van der Waals surface area contributed by atoms with Crippen molar-refractivity contribution in [2.45, 2.75) is 12.1 Å². The third-order valence-electron chi connectivity index (χ3n) is 4.63. The lowest BCUT2D eigenvalue weighted by atomic mass is 10.1. The molecule has 6 nitrogen and oxygen atoms in total. The summed E-state index contributed by atoms with van der Waals surface area (Å²) in [5.41, 5.74) is 4.64. The summed E-state index contributed by atoms with van der Waals surface area (Å²) in [6, 6.07) is 15.4. The van der Waals surface area contributed by atoms with Gasteiger partial charge in [0.05, 0.1) is 11.3 Å². The summed E-state index contributed by atoms with van der Waals surface area (Å²) < 4.78 is 1.96.